The van der Waals surface area contributed by atoms with E-state index in [1.807, 2.05) is 30.3 Å². The molecule has 0 unspecified atom stereocenters. The topological polar surface area (TPSA) is 96.2 Å². The van der Waals surface area contributed by atoms with Crippen LogP contribution < -0.4 is 5.43 Å². The lowest BCUT2D eigenvalue weighted by Crippen LogP contribution is -1.93. The number of hydrazone groups is 1. The fourth-order valence-electron chi connectivity index (χ4n) is 2.06. The molecular weight excluding hydrogens is 294 g/mol. The Hall–Kier alpha value is -3.48. The molecule has 0 fully saturated rings. The van der Waals surface area contributed by atoms with E-state index in [1.165, 1.54) is 12.1 Å². The molecule has 2 N–H and O–H groups in total. The maximum Gasteiger partial charge on any atom is 0.269 e. The molecule has 0 aliphatic heterocycles. The van der Waals surface area contributed by atoms with Gasteiger partial charge in [0.1, 0.15) is 5.82 Å². The third-order valence-corrected chi connectivity index (χ3v) is 3.22. The quantitative estimate of drug-likeness (QED) is 0.429. The van der Waals surface area contributed by atoms with E-state index in [2.05, 4.69) is 20.7 Å². The molecule has 0 aliphatic rings. The largest absolute Gasteiger partial charge is 0.269 e. The summed E-state index contributed by atoms with van der Waals surface area (Å²) in [6.07, 6.45) is 3.30. The van der Waals surface area contributed by atoms with E-state index >= 15 is 0 Å². The van der Waals surface area contributed by atoms with E-state index in [0.29, 0.717) is 5.82 Å². The molecule has 0 saturated heterocycles. The number of aromatic nitrogens is 2. The number of non-ortho nitro benzene ring substituents is 1. The van der Waals surface area contributed by atoms with Crippen LogP contribution in [0.2, 0.25) is 0 Å². The van der Waals surface area contributed by atoms with Gasteiger partial charge in [-0.2, -0.15) is 10.2 Å². The zero-order valence-corrected chi connectivity index (χ0v) is 12.0. The predicted molar refractivity (Wildman–Crippen MR) is 88.3 cm³/mol. The average molecular weight is 307 g/mol. The lowest BCUT2D eigenvalue weighted by Gasteiger charge is -2.02. The first-order valence-electron chi connectivity index (χ1n) is 6.86. The van der Waals surface area contributed by atoms with E-state index < -0.39 is 4.92 Å². The van der Waals surface area contributed by atoms with Gasteiger partial charge in [0.2, 0.25) is 0 Å². The number of anilines is 1. The van der Waals surface area contributed by atoms with Crippen LogP contribution in [-0.2, 0) is 0 Å². The van der Waals surface area contributed by atoms with Crippen molar-refractivity contribution in [1.82, 2.24) is 10.2 Å². The molecule has 2 aromatic carbocycles. The maximum atomic E-state index is 10.6. The molecule has 0 radical (unpaired) electrons. The molecule has 0 bridgehead atoms. The molecule has 0 saturated carbocycles. The molecule has 7 heteroatoms. The Bertz CT molecular complexity index is 825. The fraction of sp³-hybridized carbons (Fsp3) is 0. The van der Waals surface area contributed by atoms with Crippen molar-refractivity contribution >= 4 is 17.7 Å². The van der Waals surface area contributed by atoms with Crippen molar-refractivity contribution in [1.29, 1.82) is 0 Å². The highest BCUT2D eigenvalue weighted by atomic mass is 16.6. The minimum absolute atomic E-state index is 0.0510. The number of nitro benzene ring substituents is 1. The summed E-state index contributed by atoms with van der Waals surface area (Å²) >= 11 is 0. The lowest BCUT2D eigenvalue weighted by molar-refractivity contribution is -0.384. The molecule has 0 aliphatic carbocycles. The number of aromatic amines is 1. The highest BCUT2D eigenvalue weighted by Gasteiger charge is 2.06. The summed E-state index contributed by atoms with van der Waals surface area (Å²) < 4.78 is 0. The third kappa shape index (κ3) is 3.41. The second-order valence-electron chi connectivity index (χ2n) is 4.74. The van der Waals surface area contributed by atoms with Crippen LogP contribution >= 0.6 is 0 Å². The van der Waals surface area contributed by atoms with Gasteiger partial charge in [-0.15, -0.1) is 0 Å². The lowest BCUT2D eigenvalue weighted by atomic mass is 10.1. The van der Waals surface area contributed by atoms with Crippen molar-refractivity contribution in [2.75, 3.05) is 5.43 Å². The summed E-state index contributed by atoms with van der Waals surface area (Å²) in [4.78, 5) is 10.2. The summed E-state index contributed by atoms with van der Waals surface area (Å²) in [5, 5.41) is 21.6. The summed E-state index contributed by atoms with van der Waals surface area (Å²) in [6, 6.07) is 16.0. The fourth-order valence-corrected chi connectivity index (χ4v) is 2.06. The molecule has 23 heavy (non-hydrogen) atoms. The molecule has 1 heterocycles. The van der Waals surface area contributed by atoms with E-state index in [0.717, 1.165) is 16.7 Å². The summed E-state index contributed by atoms with van der Waals surface area (Å²) in [5.74, 6) is 0.675. The van der Waals surface area contributed by atoms with Gasteiger partial charge in [0.15, 0.2) is 0 Å². The van der Waals surface area contributed by atoms with Gasteiger partial charge in [-0.25, -0.2) is 0 Å². The Balaban J connectivity index is 1.71. The zero-order chi connectivity index (χ0) is 16.1. The minimum atomic E-state index is -0.435. The smallest absolute Gasteiger partial charge is 0.261 e. The molecule has 0 spiro atoms. The minimum Gasteiger partial charge on any atom is -0.261 e. The van der Waals surface area contributed by atoms with Crippen LogP contribution in [0.25, 0.3) is 11.1 Å². The van der Waals surface area contributed by atoms with Gasteiger partial charge in [-0.1, -0.05) is 30.3 Å². The molecule has 1 aromatic heterocycles. The van der Waals surface area contributed by atoms with E-state index in [4.69, 9.17) is 0 Å². The van der Waals surface area contributed by atoms with Crippen LogP contribution in [0, 0.1) is 10.1 Å². The molecule has 3 rings (SSSR count). The van der Waals surface area contributed by atoms with Gasteiger partial charge in [-0.05, 0) is 23.3 Å². The highest BCUT2D eigenvalue weighted by Crippen LogP contribution is 2.25. The highest BCUT2D eigenvalue weighted by molar-refractivity contribution is 5.81. The monoisotopic (exact) mass is 307 g/mol. The van der Waals surface area contributed by atoms with Crippen LogP contribution in [0.3, 0.4) is 0 Å². The zero-order valence-electron chi connectivity index (χ0n) is 12.0. The molecule has 0 atom stereocenters. The first-order chi connectivity index (χ1) is 11.2. The van der Waals surface area contributed by atoms with Crippen LogP contribution in [-0.4, -0.2) is 21.3 Å². The average Bonchev–Trinajstić information content (AvgIpc) is 3.05. The van der Waals surface area contributed by atoms with Crippen LogP contribution in [0.15, 0.2) is 65.9 Å². The van der Waals surface area contributed by atoms with Crippen molar-refractivity contribution in [3.63, 3.8) is 0 Å². The van der Waals surface area contributed by atoms with E-state index in [1.54, 1.807) is 24.5 Å². The second-order valence-corrected chi connectivity index (χ2v) is 4.74. The first kappa shape index (κ1) is 14.5. The van der Waals surface area contributed by atoms with Crippen molar-refractivity contribution < 1.29 is 4.92 Å². The van der Waals surface area contributed by atoms with Crippen molar-refractivity contribution in [2.24, 2.45) is 5.10 Å². The van der Waals surface area contributed by atoms with Crippen LogP contribution in [0.1, 0.15) is 5.56 Å². The van der Waals surface area contributed by atoms with Gasteiger partial charge in [-0.3, -0.25) is 20.6 Å². The molecule has 0 amide bonds. The normalized spacial score (nSPS) is 10.8. The molecule has 7 nitrogen and oxygen atoms in total. The van der Waals surface area contributed by atoms with Crippen molar-refractivity contribution in [3.05, 3.63) is 76.5 Å². The van der Waals surface area contributed by atoms with Gasteiger partial charge in [0.25, 0.3) is 5.69 Å². The van der Waals surface area contributed by atoms with E-state index in [-0.39, 0.29) is 5.69 Å². The standard InChI is InChI=1S/C16H13N5O2/c22-21(23)14-8-6-12(7-9-14)10-17-19-16-15(11-18-20-16)13-4-2-1-3-5-13/h1-11H,(H2,18,19,20)/b17-10-. The summed E-state index contributed by atoms with van der Waals surface area (Å²) in [5.41, 5.74) is 5.63. The number of nitrogens with one attached hydrogen (secondary N) is 2. The van der Waals surface area contributed by atoms with Gasteiger partial charge in [0, 0.05) is 17.7 Å². The Kier molecular flexibility index (Phi) is 4.10. The molecule has 114 valence electrons. The molecular formula is C16H13N5O2. The Morgan fingerprint density at radius 2 is 1.87 bits per heavy atom. The summed E-state index contributed by atoms with van der Waals surface area (Å²) in [6.45, 7) is 0. The number of nitro groups is 1. The Labute approximate surface area is 131 Å². The number of benzene rings is 2. The number of hydrogen-bond donors (Lipinski definition) is 2. The number of nitrogens with zero attached hydrogens (tertiary/aromatic N) is 3. The van der Waals surface area contributed by atoms with Crippen LogP contribution in [0.4, 0.5) is 11.5 Å². The Morgan fingerprint density at radius 1 is 1.13 bits per heavy atom. The van der Waals surface area contributed by atoms with Gasteiger partial charge < -0.3 is 0 Å². The number of hydrogen-bond acceptors (Lipinski definition) is 5. The van der Waals surface area contributed by atoms with Gasteiger partial charge in [0.05, 0.1) is 17.3 Å². The third-order valence-electron chi connectivity index (χ3n) is 3.22. The second kappa shape index (κ2) is 6.52. The van der Waals surface area contributed by atoms with Gasteiger partial charge >= 0.3 is 0 Å². The van der Waals surface area contributed by atoms with Crippen molar-refractivity contribution in [2.45, 2.75) is 0 Å². The first-order valence-corrected chi connectivity index (χ1v) is 6.86. The SMILES string of the molecule is O=[N+]([O-])c1ccc(/C=N\Nc2[nH]ncc2-c2ccccc2)cc1. The Morgan fingerprint density at radius 3 is 2.57 bits per heavy atom. The maximum absolute atomic E-state index is 10.6. The molecule has 3 aromatic rings. The predicted octanol–water partition coefficient (Wildman–Crippen LogP) is 3.43. The van der Waals surface area contributed by atoms with Crippen molar-refractivity contribution in [3.8, 4) is 11.1 Å². The summed E-state index contributed by atoms with van der Waals surface area (Å²) in [7, 11) is 0. The number of rotatable bonds is 5. The van der Waals surface area contributed by atoms with E-state index in [9.17, 15) is 10.1 Å². The number of H-pyrrole nitrogens is 1. The van der Waals surface area contributed by atoms with Crippen LogP contribution in [0.5, 0.6) is 0 Å².